The topological polar surface area (TPSA) is 349 Å². The van der Waals surface area contributed by atoms with E-state index >= 15 is 0 Å². The third-order valence-electron chi connectivity index (χ3n) is 7.90. The maximum Gasteiger partial charge on any atom is 3.00 e. The van der Waals surface area contributed by atoms with Crippen LogP contribution < -0.4 is 45.8 Å². The predicted molar refractivity (Wildman–Crippen MR) is 308 cm³/mol. The molecule has 0 unspecified atom stereocenters. The van der Waals surface area contributed by atoms with Gasteiger partial charge in [0.1, 0.15) is 17.2 Å². The first kappa shape index (κ1) is 82.2. The Morgan fingerprint density at radius 2 is 0.637 bits per heavy atom. The van der Waals surface area contributed by atoms with Crippen LogP contribution in [0.3, 0.4) is 0 Å². The van der Waals surface area contributed by atoms with Crippen molar-refractivity contribution in [2.45, 2.75) is 20.8 Å². The largest absolute Gasteiger partial charge is 3.00 e. The van der Waals surface area contributed by atoms with Gasteiger partial charge >= 0.3 is 76.3 Å². The summed E-state index contributed by atoms with van der Waals surface area (Å²) in [5, 5.41) is 94.9. The molecule has 0 aliphatic rings. The number of aliphatic hydroxyl groups excluding tert-OH is 3. The standard InChI is InChI=1S/3C15H14N2O3.3C2H6O.3CNS.2Dy/c3*1-20-13-9-5-8-12(14(13)18)10-16-17-15(19)11-6-3-2-4-7-11;3*1-2-3;3*2-1-3;;/h3*2-10,18H,1H3,(H,17,19);3*3H,2H2,1H3;;;;;/q;;;;;;3*-1;2*+3/p-3/b3*16-10+;;;;;;;;. The number of rotatable bonds is 12. The van der Waals surface area contributed by atoms with Crippen LogP contribution in [-0.2, 0) is 0 Å². The predicted octanol–water partition coefficient (Wildman–Crippen LogP) is 6.57. The molecule has 6 rings (SSSR count). The Bertz CT molecular complexity index is 2510. The van der Waals surface area contributed by atoms with Crippen LogP contribution in [0.5, 0.6) is 34.5 Å². The molecule has 0 aromatic heterocycles. The molecule has 26 heteroatoms. The van der Waals surface area contributed by atoms with Gasteiger partial charge in [-0.3, -0.25) is 14.4 Å². The summed E-state index contributed by atoms with van der Waals surface area (Å²) in [5.74, 6) is -1.10. The number of hydrazone groups is 3. The third kappa shape index (κ3) is 38.9. The molecule has 0 aliphatic carbocycles. The van der Waals surface area contributed by atoms with Gasteiger partial charge < -0.3 is 61.1 Å². The molecular formula is C54H57Dy2N9O12S3. The zero-order valence-electron chi connectivity index (χ0n) is 43.8. The molecule has 0 bridgehead atoms. The van der Waals surface area contributed by atoms with Gasteiger partial charge in [-0.15, -0.1) is 0 Å². The maximum absolute atomic E-state index is 11.8. The summed E-state index contributed by atoms with van der Waals surface area (Å²) in [7, 11) is 4.28. The second-order valence-electron chi connectivity index (χ2n) is 13.1. The van der Waals surface area contributed by atoms with Crippen molar-refractivity contribution >= 4 is 88.5 Å². The smallest absolute Gasteiger partial charge is 0.870 e. The summed E-state index contributed by atoms with van der Waals surface area (Å²) in [6.45, 7) is 5.79. The van der Waals surface area contributed by atoms with Gasteiger partial charge in [0.2, 0.25) is 0 Å². The molecule has 2 radical (unpaired) electrons. The number of thiocarbonyl (C=S) groups is 3. The van der Waals surface area contributed by atoms with Gasteiger partial charge in [-0.2, -0.15) is 30.8 Å². The van der Waals surface area contributed by atoms with E-state index in [1.165, 1.54) is 55.5 Å². The molecule has 0 saturated heterocycles. The summed E-state index contributed by atoms with van der Waals surface area (Å²) in [6, 6.07) is 40.6. The molecule has 3 amide bonds. The molecule has 6 aromatic rings. The van der Waals surface area contributed by atoms with E-state index in [-0.39, 0.29) is 148 Å². The Morgan fingerprint density at radius 1 is 0.450 bits per heavy atom. The van der Waals surface area contributed by atoms with Gasteiger partial charge in [0, 0.05) is 36.5 Å². The fraction of sp³-hybridized carbons (Fsp3) is 0.167. The average molecular weight is 1450 g/mol. The number of nitrogens with zero attached hydrogens (tertiary/aromatic N) is 6. The van der Waals surface area contributed by atoms with Gasteiger partial charge in [-0.05, 0) is 92.1 Å². The van der Waals surface area contributed by atoms with Gasteiger partial charge in [-0.1, -0.05) is 145 Å². The number of para-hydroxylation sites is 3. The minimum Gasteiger partial charge on any atom is -0.870 e. The Labute approximate surface area is 541 Å². The van der Waals surface area contributed by atoms with Crippen molar-refractivity contribution in [3.05, 3.63) is 195 Å². The van der Waals surface area contributed by atoms with E-state index in [4.69, 9.17) is 45.8 Å². The van der Waals surface area contributed by atoms with Gasteiger partial charge in [-0.25, -0.2) is 16.3 Å². The van der Waals surface area contributed by atoms with Crippen molar-refractivity contribution in [1.82, 2.24) is 16.3 Å². The van der Waals surface area contributed by atoms with Gasteiger partial charge in [0.25, 0.3) is 17.7 Å². The molecule has 0 saturated carbocycles. The first-order chi connectivity index (χ1) is 37.6. The van der Waals surface area contributed by atoms with E-state index in [0.717, 1.165) is 0 Å². The van der Waals surface area contributed by atoms with Crippen LogP contribution in [0.25, 0.3) is 16.2 Å². The molecule has 0 aliphatic heterocycles. The Morgan fingerprint density at radius 3 is 0.812 bits per heavy atom. The number of amides is 3. The molecule has 0 atom stereocenters. The fourth-order valence-electron chi connectivity index (χ4n) is 4.83. The summed E-state index contributed by atoms with van der Waals surface area (Å²) >= 11 is 11.1. The zero-order valence-corrected chi connectivity index (χ0v) is 50.3. The van der Waals surface area contributed by atoms with Crippen LogP contribution in [0.2, 0.25) is 0 Å². The average Bonchev–Trinajstić information content (AvgIpc) is 3.44. The first-order valence-electron chi connectivity index (χ1n) is 22.2. The number of isothiocyanates is 3. The van der Waals surface area contributed by atoms with Crippen LogP contribution >= 0.6 is 36.7 Å². The monoisotopic (exact) mass is 1450 g/mol. The van der Waals surface area contributed by atoms with Gasteiger partial charge in [0.05, 0.1) is 40.0 Å². The van der Waals surface area contributed by atoms with Gasteiger partial charge in [0.15, 0.2) is 0 Å². The number of methoxy groups -OCH3 is 3. The summed E-state index contributed by atoms with van der Waals surface area (Å²) in [4.78, 5) is 35.1. The molecule has 0 spiro atoms. The number of ether oxygens (including phenoxy) is 3. The summed E-state index contributed by atoms with van der Waals surface area (Å²) < 4.78 is 14.8. The fourth-order valence-corrected chi connectivity index (χ4v) is 4.83. The quantitative estimate of drug-likeness (QED) is 0.0429. The third-order valence-corrected chi connectivity index (χ3v) is 7.90. The Balaban J connectivity index is -0.000000301. The number of nitrogens with one attached hydrogen (secondary N) is 3. The number of carbonyl (C=O) groups excluding carboxylic acids is 3. The van der Waals surface area contributed by atoms with E-state index < -0.39 is 0 Å². The molecule has 0 fully saturated rings. The van der Waals surface area contributed by atoms with E-state index in [2.05, 4.69) is 68.2 Å². The van der Waals surface area contributed by atoms with Crippen LogP contribution in [0.4, 0.5) is 0 Å². The van der Waals surface area contributed by atoms with Crippen molar-refractivity contribution in [3.8, 4) is 34.5 Å². The Hall–Kier alpha value is -6.63. The molecule has 6 N–H and O–H groups in total. The number of aliphatic hydroxyl groups is 3. The van der Waals surface area contributed by atoms with Crippen molar-refractivity contribution < 1.29 is 136 Å². The number of carbonyl (C=O) groups is 3. The van der Waals surface area contributed by atoms with Crippen molar-refractivity contribution in [2.75, 3.05) is 41.2 Å². The van der Waals surface area contributed by atoms with E-state index in [1.807, 2.05) is 18.2 Å². The van der Waals surface area contributed by atoms with E-state index in [1.54, 1.807) is 148 Å². The van der Waals surface area contributed by atoms with Crippen LogP contribution in [0, 0.1) is 76.3 Å². The second-order valence-corrected chi connectivity index (χ2v) is 13.6. The minimum atomic E-state index is -0.336. The molecular weight excluding hydrogens is 1390 g/mol. The van der Waals surface area contributed by atoms with E-state index in [9.17, 15) is 29.7 Å². The van der Waals surface area contributed by atoms with E-state index in [0.29, 0.717) is 33.4 Å². The number of benzene rings is 6. The maximum atomic E-state index is 11.8. The molecule has 80 heavy (non-hydrogen) atoms. The number of hydrogen-bond acceptors (Lipinski definition) is 18. The summed E-state index contributed by atoms with van der Waals surface area (Å²) in [5.41, 5.74) is 9.62. The molecule has 21 nitrogen and oxygen atoms in total. The van der Waals surface area contributed by atoms with Crippen LogP contribution in [0.1, 0.15) is 68.5 Å². The normalized spacial score (nSPS) is 8.81. The molecule has 0 heterocycles. The molecule has 428 valence electrons. The zero-order chi connectivity index (χ0) is 59.4. The van der Waals surface area contributed by atoms with Crippen molar-refractivity contribution in [2.24, 2.45) is 15.3 Å². The first-order valence-corrected chi connectivity index (χ1v) is 23.4. The van der Waals surface area contributed by atoms with Crippen LogP contribution in [-0.4, -0.2) is 108 Å². The van der Waals surface area contributed by atoms with Crippen molar-refractivity contribution in [1.29, 1.82) is 0 Å². The SMILES string of the molecule is CCO.CCO.CCO.COc1cccc(/C=N/NC(=O)c2ccccc2)c1[O-].COc1cccc(/C=N/NC(=O)c2ccccc2)c1[O-].COc1cccc(/C=N/NC(=O)c2ccccc2)c1[O-].[Dy+3].[Dy+3].[N-]=C=S.[N-]=C=S.[N-]=C=S. The second kappa shape index (κ2) is 57.1. The van der Waals surface area contributed by atoms with Crippen LogP contribution in [0.15, 0.2) is 161 Å². The molecule has 6 aromatic carbocycles. The number of hydrogen-bond donors (Lipinski definition) is 6. The van der Waals surface area contributed by atoms with Crippen molar-refractivity contribution in [3.63, 3.8) is 0 Å². The summed E-state index contributed by atoms with van der Waals surface area (Å²) in [6.07, 6.45) is 3.89. The minimum absolute atomic E-state index is 0. The Kier molecular flexibility index (Phi) is 58.6.